The summed E-state index contributed by atoms with van der Waals surface area (Å²) in [4.78, 5) is 0. The maximum atomic E-state index is 5.59. The molecule has 1 rings (SSSR count). The molecule has 1 N–H and O–H groups in total. The minimum absolute atomic E-state index is 0.793. The van der Waals surface area contributed by atoms with Gasteiger partial charge in [0.05, 0.1) is 19.0 Å². The first-order chi connectivity index (χ1) is 7.86. The lowest BCUT2D eigenvalue weighted by atomic mass is 10.2. The monoisotopic (exact) mass is 225 g/mol. The Morgan fingerprint density at radius 1 is 1.31 bits per heavy atom. The van der Waals surface area contributed by atoms with Crippen molar-refractivity contribution in [3.63, 3.8) is 0 Å². The van der Waals surface area contributed by atoms with Gasteiger partial charge in [0, 0.05) is 6.54 Å². The number of nitrogens with zero attached hydrogens (tertiary/aromatic N) is 2. The van der Waals surface area contributed by atoms with E-state index in [1.165, 1.54) is 12.8 Å². The molecule has 92 valence electrons. The van der Waals surface area contributed by atoms with Crippen molar-refractivity contribution in [2.45, 2.75) is 39.7 Å². The molecule has 4 nitrogen and oxygen atoms in total. The van der Waals surface area contributed by atoms with Crippen LogP contribution in [0.4, 0.5) is 0 Å². The van der Waals surface area contributed by atoms with Crippen molar-refractivity contribution in [3.8, 4) is 5.75 Å². The zero-order valence-corrected chi connectivity index (χ0v) is 10.4. The van der Waals surface area contributed by atoms with Crippen molar-refractivity contribution in [1.82, 2.24) is 15.1 Å². The quantitative estimate of drug-likeness (QED) is 0.654. The van der Waals surface area contributed by atoms with E-state index in [1.54, 1.807) is 6.20 Å². The van der Waals surface area contributed by atoms with Crippen LogP contribution in [-0.4, -0.2) is 29.5 Å². The normalized spacial score (nSPS) is 10.6. The van der Waals surface area contributed by atoms with Crippen LogP contribution in [0.2, 0.25) is 0 Å². The van der Waals surface area contributed by atoms with Gasteiger partial charge in [-0.25, -0.2) is 0 Å². The van der Waals surface area contributed by atoms with E-state index in [2.05, 4.69) is 24.3 Å². The smallest absolute Gasteiger partial charge is 0.157 e. The molecule has 1 aromatic rings. The summed E-state index contributed by atoms with van der Waals surface area (Å²) >= 11 is 0. The highest BCUT2D eigenvalue weighted by atomic mass is 16.5. The second-order valence-corrected chi connectivity index (χ2v) is 3.79. The third-order valence-corrected chi connectivity index (χ3v) is 2.45. The van der Waals surface area contributed by atoms with Crippen molar-refractivity contribution in [2.75, 3.05) is 19.7 Å². The molecule has 0 spiro atoms. The van der Waals surface area contributed by atoms with E-state index in [-0.39, 0.29) is 0 Å². The fourth-order valence-electron chi connectivity index (χ4n) is 1.49. The number of rotatable bonds is 9. The molecular weight excluding hydrogens is 202 g/mol. The molecule has 1 aromatic heterocycles. The number of hydrogen-bond acceptors (Lipinski definition) is 3. The Bertz CT molecular complexity index is 273. The summed E-state index contributed by atoms with van der Waals surface area (Å²) < 4.78 is 7.47. The standard InChI is InChI=1S/C12H23N3O/c1-3-13-8-6-5-7-9-16-12-10-14-15(4-2)11-12/h10-11,13H,3-9H2,1-2H3. The van der Waals surface area contributed by atoms with E-state index >= 15 is 0 Å². The molecule has 0 unspecified atom stereocenters. The van der Waals surface area contributed by atoms with Crippen LogP contribution in [-0.2, 0) is 6.54 Å². The molecule has 4 heteroatoms. The lowest BCUT2D eigenvalue weighted by Gasteiger charge is -2.03. The Labute approximate surface area is 98.0 Å². The first-order valence-corrected chi connectivity index (χ1v) is 6.22. The van der Waals surface area contributed by atoms with E-state index in [0.29, 0.717) is 0 Å². The van der Waals surface area contributed by atoms with E-state index in [4.69, 9.17) is 4.74 Å². The Morgan fingerprint density at radius 3 is 2.88 bits per heavy atom. The van der Waals surface area contributed by atoms with Gasteiger partial charge in [-0.2, -0.15) is 5.10 Å². The van der Waals surface area contributed by atoms with E-state index in [0.717, 1.165) is 38.4 Å². The van der Waals surface area contributed by atoms with Gasteiger partial charge in [-0.1, -0.05) is 6.92 Å². The molecule has 0 fully saturated rings. The Balaban J connectivity index is 1.98. The summed E-state index contributed by atoms with van der Waals surface area (Å²) in [6.07, 6.45) is 7.28. The van der Waals surface area contributed by atoms with Crippen LogP contribution >= 0.6 is 0 Å². The topological polar surface area (TPSA) is 39.1 Å². The molecule has 0 amide bonds. The SMILES string of the molecule is CCNCCCCCOc1cnn(CC)c1. The van der Waals surface area contributed by atoms with Crippen molar-refractivity contribution in [3.05, 3.63) is 12.4 Å². The summed E-state index contributed by atoms with van der Waals surface area (Å²) in [5, 5.41) is 7.47. The van der Waals surface area contributed by atoms with Crippen LogP contribution in [0.1, 0.15) is 33.1 Å². The second-order valence-electron chi connectivity index (χ2n) is 3.79. The third-order valence-electron chi connectivity index (χ3n) is 2.45. The average molecular weight is 225 g/mol. The molecule has 0 saturated heterocycles. The van der Waals surface area contributed by atoms with E-state index in [1.807, 2.05) is 10.9 Å². The highest BCUT2D eigenvalue weighted by Gasteiger charge is 1.97. The van der Waals surface area contributed by atoms with Gasteiger partial charge >= 0.3 is 0 Å². The van der Waals surface area contributed by atoms with Crippen molar-refractivity contribution in [1.29, 1.82) is 0 Å². The van der Waals surface area contributed by atoms with Crippen LogP contribution in [0.5, 0.6) is 5.75 Å². The molecule has 16 heavy (non-hydrogen) atoms. The summed E-state index contributed by atoms with van der Waals surface area (Å²) in [6, 6.07) is 0. The molecule has 0 aliphatic carbocycles. The third kappa shape index (κ3) is 5.16. The van der Waals surface area contributed by atoms with Crippen LogP contribution in [0.15, 0.2) is 12.4 Å². The summed E-state index contributed by atoms with van der Waals surface area (Å²) in [7, 11) is 0. The van der Waals surface area contributed by atoms with Crippen LogP contribution < -0.4 is 10.1 Å². The van der Waals surface area contributed by atoms with Gasteiger partial charge in [0.1, 0.15) is 0 Å². The molecule has 0 radical (unpaired) electrons. The summed E-state index contributed by atoms with van der Waals surface area (Å²) in [5.41, 5.74) is 0. The predicted octanol–water partition coefficient (Wildman–Crippen LogP) is 2.06. The van der Waals surface area contributed by atoms with Crippen molar-refractivity contribution >= 4 is 0 Å². The minimum Gasteiger partial charge on any atom is -0.490 e. The van der Waals surface area contributed by atoms with Crippen LogP contribution in [0, 0.1) is 0 Å². The zero-order valence-electron chi connectivity index (χ0n) is 10.4. The molecule has 0 aromatic carbocycles. The van der Waals surface area contributed by atoms with Crippen LogP contribution in [0.25, 0.3) is 0 Å². The Hall–Kier alpha value is -1.03. The zero-order chi connectivity index (χ0) is 11.6. The van der Waals surface area contributed by atoms with Crippen molar-refractivity contribution < 1.29 is 4.74 Å². The number of aromatic nitrogens is 2. The number of nitrogens with one attached hydrogen (secondary N) is 1. The molecule has 1 heterocycles. The fourth-order valence-corrected chi connectivity index (χ4v) is 1.49. The highest BCUT2D eigenvalue weighted by Crippen LogP contribution is 2.08. The lowest BCUT2D eigenvalue weighted by molar-refractivity contribution is 0.304. The molecule has 0 atom stereocenters. The van der Waals surface area contributed by atoms with Crippen LogP contribution in [0.3, 0.4) is 0 Å². The fraction of sp³-hybridized carbons (Fsp3) is 0.750. The van der Waals surface area contributed by atoms with Gasteiger partial charge < -0.3 is 10.1 Å². The lowest BCUT2D eigenvalue weighted by Crippen LogP contribution is -2.14. The summed E-state index contributed by atoms with van der Waals surface area (Å²) in [5.74, 6) is 0.883. The van der Waals surface area contributed by atoms with Gasteiger partial charge in [-0.3, -0.25) is 4.68 Å². The number of unbranched alkanes of at least 4 members (excludes halogenated alkanes) is 2. The number of ether oxygens (including phenoxy) is 1. The maximum absolute atomic E-state index is 5.59. The van der Waals surface area contributed by atoms with Gasteiger partial charge in [-0.15, -0.1) is 0 Å². The molecule has 0 aliphatic heterocycles. The molecular formula is C12H23N3O. The molecule has 0 aliphatic rings. The van der Waals surface area contributed by atoms with Gasteiger partial charge in [-0.05, 0) is 39.3 Å². The Morgan fingerprint density at radius 2 is 2.19 bits per heavy atom. The summed E-state index contributed by atoms with van der Waals surface area (Å²) in [6.45, 7) is 8.07. The number of aryl methyl sites for hydroxylation is 1. The maximum Gasteiger partial charge on any atom is 0.157 e. The predicted molar refractivity (Wildman–Crippen MR) is 65.8 cm³/mol. The first-order valence-electron chi connectivity index (χ1n) is 6.22. The second kappa shape index (κ2) is 8.16. The molecule has 0 bridgehead atoms. The van der Waals surface area contributed by atoms with Gasteiger partial charge in [0.15, 0.2) is 5.75 Å². The highest BCUT2D eigenvalue weighted by molar-refractivity contribution is 5.11. The first kappa shape index (κ1) is 13.0. The van der Waals surface area contributed by atoms with E-state index < -0.39 is 0 Å². The van der Waals surface area contributed by atoms with Crippen molar-refractivity contribution in [2.24, 2.45) is 0 Å². The average Bonchev–Trinajstić information content (AvgIpc) is 2.76. The van der Waals surface area contributed by atoms with Gasteiger partial charge in [0.2, 0.25) is 0 Å². The van der Waals surface area contributed by atoms with Gasteiger partial charge in [0.25, 0.3) is 0 Å². The number of hydrogen-bond donors (Lipinski definition) is 1. The largest absolute Gasteiger partial charge is 0.490 e. The molecule has 0 saturated carbocycles. The van der Waals surface area contributed by atoms with E-state index in [9.17, 15) is 0 Å². The minimum atomic E-state index is 0.793. The Kier molecular flexibility index (Phi) is 6.65.